The molecule has 1 N–H and O–H groups in total. The molecule has 2 aromatic heterocycles. The average molecular weight is 388 g/mol. The number of nitrogens with one attached hydrogen (secondary N) is 1. The van der Waals surface area contributed by atoms with Crippen molar-refractivity contribution in [3.8, 4) is 11.6 Å². The molecular formula is C22H20N4OS. The Hall–Kier alpha value is -2.99. The molecule has 2 heterocycles. The van der Waals surface area contributed by atoms with Crippen molar-refractivity contribution in [2.75, 3.05) is 5.32 Å². The van der Waals surface area contributed by atoms with Gasteiger partial charge >= 0.3 is 0 Å². The summed E-state index contributed by atoms with van der Waals surface area (Å²) in [6, 6.07) is 16.0. The van der Waals surface area contributed by atoms with Crippen molar-refractivity contribution in [2.24, 2.45) is 0 Å². The van der Waals surface area contributed by atoms with Gasteiger partial charge in [0, 0.05) is 24.0 Å². The number of para-hydroxylation sites is 1. The molecule has 2 aromatic carbocycles. The van der Waals surface area contributed by atoms with Gasteiger partial charge in [-0.1, -0.05) is 36.3 Å². The fourth-order valence-electron chi connectivity index (χ4n) is 3.66. The van der Waals surface area contributed by atoms with Crippen molar-refractivity contribution >= 4 is 32.4 Å². The predicted octanol–water partition coefficient (Wildman–Crippen LogP) is 6.28. The third-order valence-electron chi connectivity index (χ3n) is 5.05. The smallest absolute Gasteiger partial charge is 0.241 e. The van der Waals surface area contributed by atoms with Crippen LogP contribution in [0.4, 0.5) is 10.8 Å². The van der Waals surface area contributed by atoms with E-state index in [0.717, 1.165) is 27.8 Å². The van der Waals surface area contributed by atoms with Crippen molar-refractivity contribution in [2.45, 2.75) is 31.6 Å². The van der Waals surface area contributed by atoms with Crippen LogP contribution < -0.4 is 10.1 Å². The maximum Gasteiger partial charge on any atom is 0.241 e. The number of hydrogen-bond donors (Lipinski definition) is 1. The molecule has 0 aliphatic heterocycles. The van der Waals surface area contributed by atoms with Gasteiger partial charge in [0.1, 0.15) is 11.4 Å². The summed E-state index contributed by atoms with van der Waals surface area (Å²) in [5.74, 6) is 1.85. The first-order chi connectivity index (χ1) is 13.8. The van der Waals surface area contributed by atoms with E-state index in [4.69, 9.17) is 4.74 Å². The highest BCUT2D eigenvalue weighted by molar-refractivity contribution is 7.22. The molecule has 4 aromatic rings. The third-order valence-corrected chi connectivity index (χ3v) is 6.00. The number of benzene rings is 2. The van der Waals surface area contributed by atoms with Crippen LogP contribution in [-0.2, 0) is 0 Å². The van der Waals surface area contributed by atoms with Gasteiger partial charge in [0.05, 0.1) is 10.2 Å². The van der Waals surface area contributed by atoms with Gasteiger partial charge in [0.2, 0.25) is 5.88 Å². The number of aromatic nitrogens is 3. The van der Waals surface area contributed by atoms with Crippen LogP contribution in [0.3, 0.4) is 0 Å². The molecule has 0 atom stereocenters. The van der Waals surface area contributed by atoms with Gasteiger partial charge in [-0.2, -0.15) is 0 Å². The Morgan fingerprint density at radius 2 is 1.71 bits per heavy atom. The Balaban J connectivity index is 1.32. The molecule has 28 heavy (non-hydrogen) atoms. The van der Waals surface area contributed by atoms with Crippen LogP contribution in [0.25, 0.3) is 10.2 Å². The highest BCUT2D eigenvalue weighted by Gasteiger charge is 2.23. The quantitative estimate of drug-likeness (QED) is 0.436. The molecule has 1 aliphatic carbocycles. The molecular weight excluding hydrogens is 368 g/mol. The Labute approximate surface area is 167 Å². The standard InChI is InChI=1S/C22H20N4OS/c1-2-6-15(5-1)20-21(24-14-13-23-20)27-17-11-9-16(10-12-17)25-22-26-18-7-3-4-8-19(18)28-22/h3-4,7-15H,1-2,5-6H2,(H,25,26). The minimum Gasteiger partial charge on any atom is -0.437 e. The number of thiazole rings is 1. The summed E-state index contributed by atoms with van der Waals surface area (Å²) in [6.07, 6.45) is 8.29. The molecule has 1 aliphatic rings. The normalized spacial score (nSPS) is 14.4. The van der Waals surface area contributed by atoms with Gasteiger partial charge in [-0.15, -0.1) is 0 Å². The van der Waals surface area contributed by atoms with Crippen LogP contribution in [0.5, 0.6) is 11.6 Å². The maximum atomic E-state index is 6.06. The average Bonchev–Trinajstić information content (AvgIpc) is 3.39. The molecule has 0 radical (unpaired) electrons. The first-order valence-corrected chi connectivity index (χ1v) is 10.4. The molecule has 5 rings (SSSR count). The zero-order valence-electron chi connectivity index (χ0n) is 15.3. The van der Waals surface area contributed by atoms with Crippen molar-refractivity contribution in [1.29, 1.82) is 0 Å². The van der Waals surface area contributed by atoms with Crippen molar-refractivity contribution < 1.29 is 4.74 Å². The molecule has 140 valence electrons. The van der Waals surface area contributed by atoms with E-state index in [0.29, 0.717) is 11.8 Å². The summed E-state index contributed by atoms with van der Waals surface area (Å²) in [5, 5.41) is 4.25. The number of rotatable bonds is 5. The van der Waals surface area contributed by atoms with Crippen LogP contribution >= 0.6 is 11.3 Å². The Morgan fingerprint density at radius 3 is 2.54 bits per heavy atom. The molecule has 1 fully saturated rings. The Kier molecular flexibility index (Phi) is 4.62. The van der Waals surface area contributed by atoms with Crippen molar-refractivity contribution in [3.05, 3.63) is 66.6 Å². The number of anilines is 2. The van der Waals surface area contributed by atoms with Crippen molar-refractivity contribution in [3.63, 3.8) is 0 Å². The van der Waals surface area contributed by atoms with Gasteiger partial charge in [0.25, 0.3) is 0 Å². The van der Waals surface area contributed by atoms with Crippen LogP contribution in [0.1, 0.15) is 37.3 Å². The highest BCUT2D eigenvalue weighted by Crippen LogP contribution is 2.38. The van der Waals surface area contributed by atoms with Crippen LogP contribution in [0.15, 0.2) is 60.9 Å². The number of nitrogens with zero attached hydrogens (tertiary/aromatic N) is 3. The lowest BCUT2D eigenvalue weighted by Gasteiger charge is -2.13. The lowest BCUT2D eigenvalue weighted by Crippen LogP contribution is -2.02. The summed E-state index contributed by atoms with van der Waals surface area (Å²) >= 11 is 1.64. The fourth-order valence-corrected chi connectivity index (χ4v) is 4.55. The fraction of sp³-hybridized carbons (Fsp3) is 0.227. The number of hydrogen-bond acceptors (Lipinski definition) is 6. The molecule has 1 saturated carbocycles. The van der Waals surface area contributed by atoms with E-state index < -0.39 is 0 Å². The van der Waals surface area contributed by atoms with Gasteiger partial charge in [-0.3, -0.25) is 4.98 Å². The van der Waals surface area contributed by atoms with Crippen molar-refractivity contribution in [1.82, 2.24) is 15.0 Å². The summed E-state index contributed by atoms with van der Waals surface area (Å²) in [7, 11) is 0. The first kappa shape index (κ1) is 17.1. The zero-order valence-corrected chi connectivity index (χ0v) is 16.2. The van der Waals surface area contributed by atoms with Crippen LogP contribution in [0.2, 0.25) is 0 Å². The zero-order chi connectivity index (χ0) is 18.8. The van der Waals surface area contributed by atoms with Crippen LogP contribution in [-0.4, -0.2) is 15.0 Å². The number of fused-ring (bicyclic) bond motifs is 1. The third kappa shape index (κ3) is 3.55. The highest BCUT2D eigenvalue weighted by atomic mass is 32.1. The Bertz CT molecular complexity index is 1050. The van der Waals surface area contributed by atoms with E-state index in [2.05, 4.69) is 26.3 Å². The molecule has 0 bridgehead atoms. The predicted molar refractivity (Wildman–Crippen MR) is 113 cm³/mol. The largest absolute Gasteiger partial charge is 0.437 e. The van der Waals surface area contributed by atoms with E-state index in [-0.39, 0.29) is 0 Å². The SMILES string of the molecule is c1ccc2sc(Nc3ccc(Oc4nccnc4C4CCCC4)cc3)nc2c1. The lowest BCUT2D eigenvalue weighted by atomic mass is 10.0. The van der Waals surface area contributed by atoms with E-state index in [1.165, 1.54) is 30.4 Å². The first-order valence-electron chi connectivity index (χ1n) is 9.56. The summed E-state index contributed by atoms with van der Waals surface area (Å²) in [5.41, 5.74) is 2.97. The molecule has 0 saturated heterocycles. The molecule has 0 amide bonds. The molecule has 0 unspecified atom stereocenters. The minimum absolute atomic E-state index is 0.462. The lowest BCUT2D eigenvalue weighted by molar-refractivity contribution is 0.444. The monoisotopic (exact) mass is 388 g/mol. The second kappa shape index (κ2) is 7.56. The maximum absolute atomic E-state index is 6.06. The van der Waals surface area contributed by atoms with Gasteiger partial charge in [-0.05, 0) is 49.2 Å². The minimum atomic E-state index is 0.462. The van der Waals surface area contributed by atoms with E-state index in [1.807, 2.05) is 42.5 Å². The molecule has 5 nitrogen and oxygen atoms in total. The van der Waals surface area contributed by atoms with Gasteiger partial charge < -0.3 is 10.1 Å². The Morgan fingerprint density at radius 1 is 0.929 bits per heavy atom. The van der Waals surface area contributed by atoms with E-state index in [1.54, 1.807) is 23.7 Å². The molecule has 0 spiro atoms. The number of ether oxygens (including phenoxy) is 1. The summed E-state index contributed by atoms with van der Waals surface area (Å²) in [6.45, 7) is 0. The van der Waals surface area contributed by atoms with Gasteiger partial charge in [0.15, 0.2) is 5.13 Å². The summed E-state index contributed by atoms with van der Waals surface area (Å²) in [4.78, 5) is 13.6. The van der Waals surface area contributed by atoms with Gasteiger partial charge in [-0.25, -0.2) is 9.97 Å². The van der Waals surface area contributed by atoms with E-state index >= 15 is 0 Å². The molecule has 6 heteroatoms. The second-order valence-electron chi connectivity index (χ2n) is 6.97. The topological polar surface area (TPSA) is 59.9 Å². The second-order valence-corrected chi connectivity index (χ2v) is 8.00. The van der Waals surface area contributed by atoms with E-state index in [9.17, 15) is 0 Å². The summed E-state index contributed by atoms with van der Waals surface area (Å²) < 4.78 is 7.23. The van der Waals surface area contributed by atoms with Crippen LogP contribution in [0, 0.1) is 0 Å².